The number of anilines is 2. The van der Waals surface area contributed by atoms with Gasteiger partial charge in [0.15, 0.2) is 0 Å². The van der Waals surface area contributed by atoms with Crippen LogP contribution in [-0.4, -0.2) is 66.5 Å². The van der Waals surface area contributed by atoms with Crippen LogP contribution in [-0.2, 0) is 18.3 Å². The number of aromatic nitrogens is 3. The van der Waals surface area contributed by atoms with Crippen LogP contribution in [0.4, 0.5) is 11.4 Å². The number of benzene rings is 2. The van der Waals surface area contributed by atoms with Gasteiger partial charge in [0.1, 0.15) is 11.6 Å². The molecule has 0 aliphatic heterocycles. The van der Waals surface area contributed by atoms with Gasteiger partial charge in [-0.3, -0.25) is 4.79 Å². The zero-order valence-corrected chi connectivity index (χ0v) is 21.0. The molecule has 0 unspecified atom stereocenters. The molecule has 0 spiro atoms. The highest BCUT2D eigenvalue weighted by atomic mass is 16.5. The molecule has 0 bridgehead atoms. The summed E-state index contributed by atoms with van der Waals surface area (Å²) in [5.74, 6) is -0.861. The Morgan fingerprint density at radius 3 is 2.92 bits per heavy atom. The molecule has 0 fully saturated rings. The first-order valence-corrected chi connectivity index (χ1v) is 11.3. The van der Waals surface area contributed by atoms with Crippen molar-refractivity contribution in [3.05, 3.63) is 78.8 Å². The number of rotatable bonds is 10. The molecule has 8 heteroatoms. The second-order valence-electron chi connectivity index (χ2n) is 8.42. The highest BCUT2D eigenvalue weighted by Gasteiger charge is 2.17. The largest absolute Gasteiger partial charge is 0.496 e. The monoisotopic (exact) mass is 508 g/mol. The number of hydrogen-bond donors (Lipinski definition) is 1. The van der Waals surface area contributed by atoms with Gasteiger partial charge in [0.05, 0.1) is 31.0 Å². The normalized spacial score (nSPS) is 16.0. The molecular formula is C29H34N6O2. The Labute approximate surface area is 232 Å². The summed E-state index contributed by atoms with van der Waals surface area (Å²) in [5.41, 5.74) is 2.00. The molecule has 2 aromatic carbocycles. The molecule has 0 saturated heterocycles. The molecule has 1 N–H and O–H groups in total. The fraction of sp³-hybridized carbons (Fsp3) is 0.276. The molecule has 8 nitrogen and oxygen atoms in total. The number of carbonyl (C=O) groups excluding carboxylic acids is 1. The van der Waals surface area contributed by atoms with Crippen LogP contribution in [0.1, 0.15) is 25.1 Å². The molecule has 1 amide bonds. The molecule has 2 heterocycles. The second kappa shape index (κ2) is 11.3. The van der Waals surface area contributed by atoms with Gasteiger partial charge in [-0.05, 0) is 38.3 Å². The summed E-state index contributed by atoms with van der Waals surface area (Å²) in [5, 5.41) is 3.29. The van der Waals surface area contributed by atoms with Gasteiger partial charge in [0, 0.05) is 80.8 Å². The van der Waals surface area contributed by atoms with Gasteiger partial charge in [-0.25, -0.2) is 9.97 Å². The first-order valence-electron chi connectivity index (χ1n) is 16.3. The Balaban J connectivity index is 1.90. The molecular weight excluding hydrogens is 464 g/mol. The van der Waals surface area contributed by atoms with E-state index in [0.29, 0.717) is 17.1 Å². The van der Waals surface area contributed by atoms with E-state index in [1.807, 2.05) is 42.1 Å². The van der Waals surface area contributed by atoms with E-state index >= 15 is 0 Å². The fourth-order valence-electron chi connectivity index (χ4n) is 3.94. The lowest BCUT2D eigenvalue weighted by molar-refractivity contribution is -0.111. The van der Waals surface area contributed by atoms with E-state index in [9.17, 15) is 4.79 Å². The van der Waals surface area contributed by atoms with E-state index in [1.165, 1.54) is 27.3 Å². The van der Waals surface area contributed by atoms with Crippen molar-refractivity contribution in [1.82, 2.24) is 19.4 Å². The average molecular weight is 509 g/mol. The number of nitrogens with one attached hydrogen (secondary N) is 1. The van der Waals surface area contributed by atoms with Crippen LogP contribution in [0.5, 0.6) is 5.75 Å². The Morgan fingerprint density at radius 1 is 1.32 bits per heavy atom. The van der Waals surface area contributed by atoms with Crippen molar-refractivity contribution >= 4 is 28.2 Å². The number of nitrogens with zero attached hydrogens (tertiary/aromatic N) is 5. The fourth-order valence-corrected chi connectivity index (χ4v) is 3.94. The Morgan fingerprint density at radius 2 is 2.16 bits per heavy atom. The summed E-state index contributed by atoms with van der Waals surface area (Å²) in [6.07, 6.45) is 3.52. The molecule has 0 radical (unpaired) electrons. The summed E-state index contributed by atoms with van der Waals surface area (Å²) in [6, 6.07) is 11.0. The van der Waals surface area contributed by atoms with Crippen molar-refractivity contribution in [1.29, 1.82) is 0 Å². The highest BCUT2D eigenvalue weighted by molar-refractivity contribution is 6.01. The lowest BCUT2D eigenvalue weighted by Gasteiger charge is -2.25. The minimum Gasteiger partial charge on any atom is -0.496 e. The predicted octanol–water partition coefficient (Wildman–Crippen LogP) is 4.36. The second-order valence-corrected chi connectivity index (χ2v) is 8.42. The van der Waals surface area contributed by atoms with Crippen LogP contribution in [0, 0.1) is 0 Å². The Hall–Kier alpha value is -4.17. The lowest BCUT2D eigenvalue weighted by atomic mass is 10.1. The maximum atomic E-state index is 12.9. The van der Waals surface area contributed by atoms with Crippen LogP contribution in [0.15, 0.2) is 67.4 Å². The number of hydrogen-bond acceptors (Lipinski definition) is 6. The molecule has 4 rings (SSSR count). The van der Waals surface area contributed by atoms with Crippen molar-refractivity contribution in [2.24, 2.45) is 7.05 Å². The Bertz CT molecular complexity index is 1830. The highest BCUT2D eigenvalue weighted by Crippen LogP contribution is 2.35. The number of aryl methyl sites for hydroxylation is 1. The summed E-state index contributed by atoms with van der Waals surface area (Å²) in [7, 11) is 5.72. The van der Waals surface area contributed by atoms with Crippen LogP contribution in [0.3, 0.4) is 0 Å². The van der Waals surface area contributed by atoms with Crippen LogP contribution in [0.2, 0.25) is 0 Å². The summed E-state index contributed by atoms with van der Waals surface area (Å²) in [6.45, 7) is -10.5. The molecule has 192 valence electrons. The third-order valence-corrected chi connectivity index (χ3v) is 5.61. The maximum absolute atomic E-state index is 12.9. The lowest BCUT2D eigenvalue weighted by Crippen LogP contribution is -2.29. The number of ether oxygens (including phenoxy) is 1. The number of para-hydroxylation sites is 1. The third-order valence-electron chi connectivity index (χ3n) is 5.61. The quantitative estimate of drug-likeness (QED) is 0.321. The topological polar surface area (TPSA) is 75.5 Å². The predicted molar refractivity (Wildman–Crippen MR) is 150 cm³/mol. The number of amides is 1. The number of methoxy groups -OCH3 is 1. The van der Waals surface area contributed by atoms with Crippen molar-refractivity contribution in [3.63, 3.8) is 0 Å². The van der Waals surface area contributed by atoms with E-state index < -0.39 is 44.1 Å². The average Bonchev–Trinajstić information content (AvgIpc) is 3.33. The van der Waals surface area contributed by atoms with Gasteiger partial charge in [0.2, 0.25) is 5.91 Å². The van der Waals surface area contributed by atoms with E-state index in [2.05, 4.69) is 10.3 Å². The van der Waals surface area contributed by atoms with E-state index in [0.717, 1.165) is 27.4 Å². The van der Waals surface area contributed by atoms with Crippen LogP contribution in [0.25, 0.3) is 22.2 Å². The number of fused-ring (bicyclic) bond motifs is 1. The molecule has 4 aromatic rings. The van der Waals surface area contributed by atoms with Gasteiger partial charge in [-0.1, -0.05) is 24.7 Å². The number of carbonyl (C=O) groups is 1. The minimum atomic E-state index is -3.30. The molecule has 0 aliphatic rings. The minimum absolute atomic E-state index is 0.00414. The standard InChI is InChI=1S/C29H34N6O2/c1-7-29(36)32-24-16-20(27(37-6)18-26(24)34(4)15-14-33(2)3)17-28-30-13-12-23(31-28)22-19-35(5)25-11-9-8-10-21(22)25/h7-13,16,18-19H,1,14-15,17H2,2-6H3,(H,32,36)/i1D2,4D3,7D,14D2,15D2. The summed E-state index contributed by atoms with van der Waals surface area (Å²) >= 11 is 0. The first-order chi connectivity index (χ1) is 21.8. The number of likely N-dealkylation sites (N-methyl/N-ethyl adjacent to an activating group) is 2. The first kappa shape index (κ1) is 15.8. The van der Waals surface area contributed by atoms with E-state index in [-0.39, 0.29) is 22.8 Å². The van der Waals surface area contributed by atoms with E-state index in [4.69, 9.17) is 23.4 Å². The SMILES string of the molecule is [2H]C([2H])=C([2H])C(=O)Nc1cc(Cc2nccc(-c3cn(C)c4ccccc34)n2)c(OC)cc1N(C([2H])([2H])[2H])C([2H])([2H])C([2H])([2H])N(C)C. The van der Waals surface area contributed by atoms with Crippen molar-refractivity contribution in [2.45, 2.75) is 6.42 Å². The van der Waals surface area contributed by atoms with Crippen LogP contribution >= 0.6 is 0 Å². The van der Waals surface area contributed by atoms with Crippen LogP contribution < -0.4 is 15.0 Å². The molecule has 2 aromatic heterocycles. The zero-order valence-electron chi connectivity index (χ0n) is 31.0. The molecule has 0 saturated carbocycles. The third kappa shape index (κ3) is 5.81. The maximum Gasteiger partial charge on any atom is 0.247 e. The zero-order chi connectivity index (χ0) is 35.1. The van der Waals surface area contributed by atoms with Gasteiger partial charge >= 0.3 is 0 Å². The summed E-state index contributed by atoms with van der Waals surface area (Å²) < 4.78 is 89.0. The van der Waals surface area contributed by atoms with Gasteiger partial charge in [0.25, 0.3) is 0 Å². The van der Waals surface area contributed by atoms with Crippen molar-refractivity contribution in [3.8, 4) is 17.0 Å². The van der Waals surface area contributed by atoms with Gasteiger partial charge < -0.3 is 24.4 Å². The molecule has 0 atom stereocenters. The van der Waals surface area contributed by atoms with E-state index in [1.54, 1.807) is 12.3 Å². The Kier molecular flexibility index (Phi) is 4.82. The smallest absolute Gasteiger partial charge is 0.247 e. The summed E-state index contributed by atoms with van der Waals surface area (Å²) in [4.78, 5) is 23.1. The molecule has 0 aliphatic carbocycles. The molecule has 37 heavy (non-hydrogen) atoms. The van der Waals surface area contributed by atoms with Gasteiger partial charge in [-0.15, -0.1) is 0 Å². The van der Waals surface area contributed by atoms with Crippen molar-refractivity contribution in [2.75, 3.05) is 51.4 Å². The van der Waals surface area contributed by atoms with Crippen molar-refractivity contribution < 1.29 is 23.2 Å². The van der Waals surface area contributed by atoms with Gasteiger partial charge in [-0.2, -0.15) is 0 Å².